The zero-order valence-electron chi connectivity index (χ0n) is 11.2. The summed E-state index contributed by atoms with van der Waals surface area (Å²) in [7, 11) is 1.34. The predicted octanol–water partition coefficient (Wildman–Crippen LogP) is 2.52. The van der Waals surface area contributed by atoms with Gasteiger partial charge >= 0.3 is 5.97 Å². The standard InChI is InChI=1S/C15H16ClNO3/c1-20-15(19)13-7-4-10-17(13)14(18)9-8-11-5-2-3-6-12(11)16/h2-3,5-6,8-9,13H,4,7,10H2,1H3/b9-8+. The van der Waals surface area contributed by atoms with E-state index >= 15 is 0 Å². The third-order valence-electron chi connectivity index (χ3n) is 3.32. The van der Waals surface area contributed by atoms with Gasteiger partial charge in [0.15, 0.2) is 0 Å². The van der Waals surface area contributed by atoms with Gasteiger partial charge in [-0.1, -0.05) is 29.8 Å². The predicted molar refractivity (Wildman–Crippen MR) is 77.2 cm³/mol. The molecule has 0 aliphatic carbocycles. The number of carbonyl (C=O) groups excluding carboxylic acids is 2. The molecular weight excluding hydrogens is 278 g/mol. The van der Waals surface area contributed by atoms with E-state index in [0.717, 1.165) is 12.0 Å². The lowest BCUT2D eigenvalue weighted by Gasteiger charge is -2.20. The molecule has 1 atom stereocenters. The molecule has 1 amide bonds. The van der Waals surface area contributed by atoms with Crippen LogP contribution in [-0.2, 0) is 14.3 Å². The molecule has 20 heavy (non-hydrogen) atoms. The van der Waals surface area contributed by atoms with Gasteiger partial charge in [-0.3, -0.25) is 4.79 Å². The quantitative estimate of drug-likeness (QED) is 0.635. The van der Waals surface area contributed by atoms with Crippen LogP contribution in [0.3, 0.4) is 0 Å². The van der Waals surface area contributed by atoms with Crippen molar-refractivity contribution >= 4 is 29.6 Å². The summed E-state index contributed by atoms with van der Waals surface area (Å²) in [5, 5.41) is 0.586. The number of halogens is 1. The molecule has 0 N–H and O–H groups in total. The average molecular weight is 294 g/mol. The number of amides is 1. The Balaban J connectivity index is 2.08. The highest BCUT2D eigenvalue weighted by Crippen LogP contribution is 2.20. The number of carbonyl (C=O) groups is 2. The van der Waals surface area contributed by atoms with Crippen LogP contribution in [0, 0.1) is 0 Å². The maximum Gasteiger partial charge on any atom is 0.328 e. The number of methoxy groups -OCH3 is 1. The minimum Gasteiger partial charge on any atom is -0.467 e. The van der Waals surface area contributed by atoms with Gasteiger partial charge in [0.2, 0.25) is 5.91 Å². The zero-order valence-corrected chi connectivity index (χ0v) is 12.0. The summed E-state index contributed by atoms with van der Waals surface area (Å²) in [5.74, 6) is -0.556. The van der Waals surface area contributed by atoms with Crippen molar-refractivity contribution in [1.82, 2.24) is 4.90 Å². The molecule has 1 heterocycles. The summed E-state index contributed by atoms with van der Waals surface area (Å²) >= 11 is 6.02. The lowest BCUT2D eigenvalue weighted by atomic mass is 10.2. The van der Waals surface area contributed by atoms with Crippen molar-refractivity contribution in [2.75, 3.05) is 13.7 Å². The second-order valence-electron chi connectivity index (χ2n) is 4.57. The number of hydrogen-bond donors (Lipinski definition) is 0. The first-order valence-corrected chi connectivity index (χ1v) is 6.82. The van der Waals surface area contributed by atoms with E-state index in [1.165, 1.54) is 13.2 Å². The van der Waals surface area contributed by atoms with Crippen molar-refractivity contribution in [3.05, 3.63) is 40.9 Å². The van der Waals surface area contributed by atoms with Crippen molar-refractivity contribution < 1.29 is 14.3 Å². The molecule has 1 aromatic rings. The van der Waals surface area contributed by atoms with Gasteiger partial charge in [-0.2, -0.15) is 0 Å². The molecule has 0 aromatic heterocycles. The van der Waals surface area contributed by atoms with Crippen LogP contribution in [0.5, 0.6) is 0 Å². The number of rotatable bonds is 3. The molecule has 0 saturated carbocycles. The van der Waals surface area contributed by atoms with E-state index in [1.807, 2.05) is 18.2 Å². The Morgan fingerprint density at radius 2 is 2.15 bits per heavy atom. The average Bonchev–Trinajstić information content (AvgIpc) is 2.94. The monoisotopic (exact) mass is 293 g/mol. The minimum absolute atomic E-state index is 0.196. The molecule has 1 fully saturated rings. The first kappa shape index (κ1) is 14.6. The Morgan fingerprint density at radius 1 is 1.40 bits per heavy atom. The van der Waals surface area contributed by atoms with Gasteiger partial charge in [-0.25, -0.2) is 4.79 Å². The number of hydrogen-bond acceptors (Lipinski definition) is 3. The largest absolute Gasteiger partial charge is 0.467 e. The van der Waals surface area contributed by atoms with E-state index in [0.29, 0.717) is 18.0 Å². The van der Waals surface area contributed by atoms with Crippen LogP contribution in [0.4, 0.5) is 0 Å². The highest BCUT2D eigenvalue weighted by molar-refractivity contribution is 6.32. The smallest absolute Gasteiger partial charge is 0.328 e. The molecule has 0 bridgehead atoms. The second kappa shape index (κ2) is 6.57. The summed E-state index contributed by atoms with van der Waals surface area (Å²) < 4.78 is 4.72. The number of likely N-dealkylation sites (tertiary alicyclic amines) is 1. The molecule has 4 nitrogen and oxygen atoms in total. The summed E-state index contributed by atoms with van der Waals surface area (Å²) in [4.78, 5) is 25.3. The first-order valence-electron chi connectivity index (χ1n) is 6.44. The fraction of sp³-hybridized carbons (Fsp3) is 0.333. The lowest BCUT2D eigenvalue weighted by Crippen LogP contribution is -2.40. The molecule has 5 heteroatoms. The molecule has 1 aliphatic rings. The Labute approximate surface area is 123 Å². The Kier molecular flexibility index (Phi) is 4.79. The van der Waals surface area contributed by atoms with Gasteiger partial charge < -0.3 is 9.64 Å². The van der Waals surface area contributed by atoms with E-state index < -0.39 is 6.04 Å². The maximum absolute atomic E-state index is 12.1. The third-order valence-corrected chi connectivity index (χ3v) is 3.66. The van der Waals surface area contributed by atoms with Crippen LogP contribution in [0.25, 0.3) is 6.08 Å². The van der Waals surface area contributed by atoms with Crippen molar-refractivity contribution in [1.29, 1.82) is 0 Å². The highest BCUT2D eigenvalue weighted by Gasteiger charge is 2.33. The van der Waals surface area contributed by atoms with Crippen molar-refractivity contribution in [2.45, 2.75) is 18.9 Å². The number of esters is 1. The Morgan fingerprint density at radius 3 is 2.85 bits per heavy atom. The maximum atomic E-state index is 12.1. The topological polar surface area (TPSA) is 46.6 Å². The summed E-state index contributed by atoms with van der Waals surface area (Å²) in [6, 6.07) is 6.80. The van der Waals surface area contributed by atoms with Crippen LogP contribution < -0.4 is 0 Å². The molecule has 0 radical (unpaired) electrons. The lowest BCUT2D eigenvalue weighted by molar-refractivity contribution is -0.149. The van der Waals surface area contributed by atoms with Crippen molar-refractivity contribution in [3.8, 4) is 0 Å². The number of ether oxygens (including phenoxy) is 1. The van der Waals surface area contributed by atoms with Crippen LogP contribution in [-0.4, -0.2) is 36.5 Å². The Hall–Kier alpha value is -1.81. The van der Waals surface area contributed by atoms with Crippen molar-refractivity contribution in [3.63, 3.8) is 0 Å². The van der Waals surface area contributed by atoms with E-state index in [4.69, 9.17) is 16.3 Å². The zero-order chi connectivity index (χ0) is 14.5. The molecule has 1 unspecified atom stereocenters. The fourth-order valence-corrected chi connectivity index (χ4v) is 2.48. The molecule has 2 rings (SSSR count). The number of benzene rings is 1. The summed E-state index contributed by atoms with van der Waals surface area (Å²) in [5.41, 5.74) is 0.774. The van der Waals surface area contributed by atoms with Gasteiger partial charge in [-0.05, 0) is 30.5 Å². The molecule has 1 aromatic carbocycles. The van der Waals surface area contributed by atoms with Crippen LogP contribution >= 0.6 is 11.6 Å². The van der Waals surface area contributed by atoms with Gasteiger partial charge in [0.25, 0.3) is 0 Å². The Bertz CT molecular complexity index is 542. The van der Waals surface area contributed by atoms with E-state index in [1.54, 1.807) is 17.0 Å². The van der Waals surface area contributed by atoms with Crippen molar-refractivity contribution in [2.24, 2.45) is 0 Å². The van der Waals surface area contributed by atoms with Gasteiger partial charge in [0, 0.05) is 17.6 Å². The third kappa shape index (κ3) is 3.20. The summed E-state index contributed by atoms with van der Waals surface area (Å²) in [6.07, 6.45) is 4.57. The second-order valence-corrected chi connectivity index (χ2v) is 4.97. The van der Waals surface area contributed by atoms with E-state index in [2.05, 4.69) is 0 Å². The molecule has 1 saturated heterocycles. The SMILES string of the molecule is COC(=O)C1CCCN1C(=O)/C=C/c1ccccc1Cl. The summed E-state index contributed by atoms with van der Waals surface area (Å²) in [6.45, 7) is 0.575. The highest BCUT2D eigenvalue weighted by atomic mass is 35.5. The molecule has 106 valence electrons. The fourth-order valence-electron chi connectivity index (χ4n) is 2.28. The first-order chi connectivity index (χ1) is 9.63. The van der Waals surface area contributed by atoms with E-state index in [9.17, 15) is 9.59 Å². The van der Waals surface area contributed by atoms with Crippen LogP contribution in [0.1, 0.15) is 18.4 Å². The minimum atomic E-state index is -0.469. The van der Waals surface area contributed by atoms with E-state index in [-0.39, 0.29) is 11.9 Å². The number of nitrogens with zero attached hydrogens (tertiary/aromatic N) is 1. The van der Waals surface area contributed by atoms with Gasteiger partial charge in [-0.15, -0.1) is 0 Å². The van der Waals surface area contributed by atoms with Crippen LogP contribution in [0.2, 0.25) is 5.02 Å². The molecular formula is C15H16ClNO3. The molecule has 1 aliphatic heterocycles. The van der Waals surface area contributed by atoms with Gasteiger partial charge in [0.05, 0.1) is 7.11 Å². The normalized spacial score (nSPS) is 18.5. The molecule has 0 spiro atoms. The van der Waals surface area contributed by atoms with Gasteiger partial charge in [0.1, 0.15) is 6.04 Å². The van der Waals surface area contributed by atoms with Crippen LogP contribution in [0.15, 0.2) is 30.3 Å².